The Labute approximate surface area is 281 Å². The van der Waals surface area contributed by atoms with Crippen molar-refractivity contribution in [2.75, 3.05) is 53.3 Å². The molecule has 3 aromatic heterocycles. The second kappa shape index (κ2) is 11.9. The quantitative estimate of drug-likeness (QED) is 0.207. The predicted molar refractivity (Wildman–Crippen MR) is 181 cm³/mol. The van der Waals surface area contributed by atoms with Gasteiger partial charge in [-0.15, -0.1) is 22.7 Å². The molecule has 9 nitrogen and oxygen atoms in total. The summed E-state index contributed by atoms with van der Waals surface area (Å²) in [5, 5.41) is 7.18. The van der Waals surface area contributed by atoms with Crippen LogP contribution < -0.4 is 20.4 Å². The molecular formula is C35H27F2N5O4S2. The number of nitrogens with one attached hydrogen (secondary N) is 2. The molecule has 13 heteroatoms. The molecule has 1 spiro atoms. The van der Waals surface area contributed by atoms with Crippen molar-refractivity contribution in [2.45, 2.75) is 6.42 Å². The number of hydrogen-bond acceptors (Lipinski definition) is 8. The number of rotatable bonds is 6. The van der Waals surface area contributed by atoms with Crippen LogP contribution in [-0.2, 0) is 11.2 Å². The van der Waals surface area contributed by atoms with Gasteiger partial charge in [-0.05, 0) is 78.0 Å². The van der Waals surface area contributed by atoms with E-state index in [9.17, 15) is 23.2 Å². The number of carbonyl (C=O) groups is 3. The van der Waals surface area contributed by atoms with Crippen molar-refractivity contribution < 1.29 is 27.9 Å². The molecule has 2 aromatic carbocycles. The zero-order valence-electron chi connectivity index (χ0n) is 25.3. The third kappa shape index (κ3) is 5.33. The van der Waals surface area contributed by atoms with Gasteiger partial charge >= 0.3 is 0 Å². The lowest BCUT2D eigenvalue weighted by Gasteiger charge is -2.55. The maximum Gasteiger partial charge on any atom is 0.265 e. The van der Waals surface area contributed by atoms with Crippen LogP contribution in [0.15, 0.2) is 78.3 Å². The van der Waals surface area contributed by atoms with Gasteiger partial charge in [0, 0.05) is 37.1 Å². The molecule has 0 radical (unpaired) electrons. The third-order valence-electron chi connectivity index (χ3n) is 8.82. The fourth-order valence-corrected chi connectivity index (χ4v) is 8.52. The number of hydrogen-bond donors (Lipinski definition) is 2. The number of para-hydroxylation sites is 1. The highest BCUT2D eigenvalue weighted by Crippen LogP contribution is 2.45. The van der Waals surface area contributed by atoms with Crippen molar-refractivity contribution in [3.8, 4) is 9.75 Å². The number of halogens is 2. The van der Waals surface area contributed by atoms with Crippen molar-refractivity contribution in [2.24, 2.45) is 5.41 Å². The van der Waals surface area contributed by atoms with Gasteiger partial charge in [0.25, 0.3) is 17.7 Å². The first-order valence-electron chi connectivity index (χ1n) is 15.3. The van der Waals surface area contributed by atoms with E-state index in [4.69, 9.17) is 4.74 Å². The Balaban J connectivity index is 0.964. The molecule has 2 N–H and O–H groups in total. The maximum atomic E-state index is 14.1. The SMILES string of the molecule is O=C(Nc1c(F)cccc1F)c1cc2c(s1)-c1sccc1N(C(=O)c1ccc(NC(=O)c3cccnc3N3CC4(COC4)C3)cc1)CC2. The number of nitrogens with zero attached hydrogens (tertiary/aromatic N) is 3. The summed E-state index contributed by atoms with van der Waals surface area (Å²) in [6.07, 6.45) is 2.16. The predicted octanol–water partition coefficient (Wildman–Crippen LogP) is 6.69. The first-order valence-corrected chi connectivity index (χ1v) is 17.0. The zero-order valence-corrected chi connectivity index (χ0v) is 26.9. The molecule has 0 saturated carbocycles. The molecule has 2 saturated heterocycles. The van der Waals surface area contributed by atoms with Crippen molar-refractivity contribution in [3.63, 3.8) is 0 Å². The average Bonchev–Trinajstić information content (AvgIpc) is 3.67. The van der Waals surface area contributed by atoms with Crippen LogP contribution in [0.2, 0.25) is 0 Å². The Bertz CT molecular complexity index is 2060. The summed E-state index contributed by atoms with van der Waals surface area (Å²) in [5.41, 5.74) is 2.78. The number of amides is 3. The molecule has 0 bridgehead atoms. The van der Waals surface area contributed by atoms with Gasteiger partial charge in [0.2, 0.25) is 0 Å². The normalized spacial score (nSPS) is 15.9. The number of fused-ring (bicyclic) bond motifs is 3. The number of thiophene rings is 2. The number of anilines is 4. The van der Waals surface area contributed by atoms with Gasteiger partial charge in [0.1, 0.15) is 23.1 Å². The van der Waals surface area contributed by atoms with Gasteiger partial charge in [-0.1, -0.05) is 6.07 Å². The molecule has 2 fully saturated rings. The molecule has 6 heterocycles. The highest BCUT2D eigenvalue weighted by Gasteiger charge is 2.50. The van der Waals surface area contributed by atoms with Crippen molar-refractivity contribution in [1.29, 1.82) is 0 Å². The maximum absolute atomic E-state index is 14.1. The summed E-state index contributed by atoms with van der Waals surface area (Å²) in [6, 6.07) is 17.3. The first kappa shape index (κ1) is 30.4. The summed E-state index contributed by atoms with van der Waals surface area (Å²) in [5.74, 6) is -2.14. The lowest BCUT2D eigenvalue weighted by Crippen LogP contribution is -2.66. The Morgan fingerprint density at radius 3 is 2.40 bits per heavy atom. The van der Waals surface area contributed by atoms with E-state index in [1.54, 1.807) is 53.6 Å². The Morgan fingerprint density at radius 1 is 0.896 bits per heavy atom. The zero-order chi connectivity index (χ0) is 33.0. The van der Waals surface area contributed by atoms with Gasteiger partial charge in [-0.3, -0.25) is 14.4 Å². The Hall–Kier alpha value is -4.98. The number of aromatic nitrogens is 1. The van der Waals surface area contributed by atoms with Gasteiger partial charge in [-0.2, -0.15) is 0 Å². The molecule has 0 aliphatic carbocycles. The highest BCUT2D eigenvalue weighted by atomic mass is 32.1. The van der Waals surface area contributed by atoms with Crippen LogP contribution in [0.5, 0.6) is 0 Å². The Morgan fingerprint density at radius 2 is 1.67 bits per heavy atom. The lowest BCUT2D eigenvalue weighted by molar-refractivity contribution is -0.127. The van der Waals surface area contributed by atoms with Crippen LogP contribution in [0.1, 0.15) is 36.0 Å². The summed E-state index contributed by atoms with van der Waals surface area (Å²) in [4.78, 5) is 50.4. The van der Waals surface area contributed by atoms with Crippen LogP contribution >= 0.6 is 22.7 Å². The van der Waals surface area contributed by atoms with Gasteiger partial charge in [0.05, 0.1) is 44.5 Å². The Kier molecular flexibility index (Phi) is 7.54. The smallest absolute Gasteiger partial charge is 0.265 e. The van der Waals surface area contributed by atoms with E-state index in [0.29, 0.717) is 40.5 Å². The van der Waals surface area contributed by atoms with Crippen LogP contribution in [0.3, 0.4) is 0 Å². The minimum absolute atomic E-state index is 0.183. The summed E-state index contributed by atoms with van der Waals surface area (Å²) in [7, 11) is 0. The number of ether oxygens (including phenoxy) is 1. The van der Waals surface area contributed by atoms with Crippen LogP contribution in [0, 0.1) is 17.0 Å². The average molecular weight is 684 g/mol. The topological polar surface area (TPSA) is 104 Å². The largest absolute Gasteiger partial charge is 0.380 e. The standard InChI is InChI=1S/C35H27F2N5O4S2/c36-24-4-1-5-25(37)28(24)40-33(44)27-15-21-10-13-42(26-11-14-47-30(26)29(21)48-27)34(45)20-6-8-22(9-7-20)39-32(43)23-3-2-12-38-31(23)41-16-35(17-41)18-46-19-35/h1-9,11-12,14-15H,10,13,16-19H2,(H,39,43)(H,40,44). The summed E-state index contributed by atoms with van der Waals surface area (Å²) in [6.45, 7) is 3.46. The number of pyridine rings is 1. The van der Waals surface area contributed by atoms with Crippen LogP contribution in [-0.4, -0.2) is 55.6 Å². The van der Waals surface area contributed by atoms with E-state index in [1.807, 2.05) is 11.4 Å². The molecule has 0 atom stereocenters. The highest BCUT2D eigenvalue weighted by molar-refractivity contribution is 7.23. The second-order valence-electron chi connectivity index (χ2n) is 12.1. The van der Waals surface area contributed by atoms with Crippen LogP contribution in [0.4, 0.5) is 31.7 Å². The number of carbonyl (C=O) groups excluding carboxylic acids is 3. The first-order chi connectivity index (χ1) is 23.3. The molecule has 3 aliphatic heterocycles. The summed E-state index contributed by atoms with van der Waals surface area (Å²) < 4.78 is 33.7. The third-order valence-corrected chi connectivity index (χ3v) is 11.1. The molecule has 48 heavy (non-hydrogen) atoms. The molecule has 3 amide bonds. The van der Waals surface area contributed by atoms with E-state index in [-0.39, 0.29) is 17.2 Å². The van der Waals surface area contributed by atoms with Crippen molar-refractivity contribution in [3.05, 3.63) is 112 Å². The van der Waals surface area contributed by atoms with Gasteiger partial charge < -0.3 is 25.2 Å². The molecule has 242 valence electrons. The van der Waals surface area contributed by atoms with E-state index in [2.05, 4.69) is 20.5 Å². The van der Waals surface area contributed by atoms with Gasteiger partial charge in [0.15, 0.2) is 0 Å². The van der Waals surface area contributed by atoms with E-state index >= 15 is 0 Å². The molecule has 8 rings (SSSR count). The molecular weight excluding hydrogens is 657 g/mol. The lowest BCUT2D eigenvalue weighted by atomic mass is 9.78. The molecule has 0 unspecified atom stereocenters. The van der Waals surface area contributed by atoms with Crippen molar-refractivity contribution in [1.82, 2.24) is 4.98 Å². The fraction of sp³-hybridized carbons (Fsp3) is 0.200. The molecule has 3 aliphatic rings. The number of benzene rings is 2. The van der Waals surface area contributed by atoms with Crippen molar-refractivity contribution >= 4 is 63.3 Å². The van der Waals surface area contributed by atoms with Crippen LogP contribution in [0.25, 0.3) is 9.75 Å². The minimum Gasteiger partial charge on any atom is -0.380 e. The van der Waals surface area contributed by atoms with E-state index in [1.165, 1.54) is 28.7 Å². The van der Waals surface area contributed by atoms with E-state index < -0.39 is 23.2 Å². The summed E-state index contributed by atoms with van der Waals surface area (Å²) >= 11 is 2.68. The monoisotopic (exact) mass is 683 g/mol. The minimum atomic E-state index is -0.853. The van der Waals surface area contributed by atoms with E-state index in [0.717, 1.165) is 59.4 Å². The second-order valence-corrected chi connectivity index (χ2v) is 14.1. The fourth-order valence-electron chi connectivity index (χ4n) is 6.32. The molecule has 5 aromatic rings. The van der Waals surface area contributed by atoms with Gasteiger partial charge in [-0.25, -0.2) is 13.8 Å².